The molecule has 0 aliphatic rings. The van der Waals surface area contributed by atoms with Crippen LogP contribution >= 0.6 is 0 Å². The van der Waals surface area contributed by atoms with Crippen molar-refractivity contribution in [2.45, 2.75) is 104 Å². The van der Waals surface area contributed by atoms with Crippen LogP contribution in [0.15, 0.2) is 0 Å². The summed E-state index contributed by atoms with van der Waals surface area (Å²) < 4.78 is 0. The molecule has 0 aliphatic carbocycles. The largest absolute Gasteiger partial charge is 0.329 e. The highest BCUT2D eigenvalue weighted by Gasteiger charge is 2.15. The van der Waals surface area contributed by atoms with E-state index in [0.29, 0.717) is 0 Å². The molecule has 0 atom stereocenters. The van der Waals surface area contributed by atoms with Gasteiger partial charge in [-0.1, -0.05) is 85.0 Å². The lowest BCUT2D eigenvalue weighted by Gasteiger charge is -2.30. The molecule has 0 aliphatic heterocycles. The molecular formula is C19H42N2. The Labute approximate surface area is 134 Å². The monoisotopic (exact) mass is 298 g/mol. The first-order chi connectivity index (χ1) is 10.3. The first-order valence-corrected chi connectivity index (χ1v) is 9.74. The van der Waals surface area contributed by atoms with Gasteiger partial charge in [-0.2, -0.15) is 0 Å². The summed E-state index contributed by atoms with van der Waals surface area (Å²) in [4.78, 5) is 2.62. The molecule has 0 radical (unpaired) electrons. The van der Waals surface area contributed by atoms with Gasteiger partial charge in [-0.15, -0.1) is 0 Å². The first-order valence-electron chi connectivity index (χ1n) is 9.74. The summed E-state index contributed by atoms with van der Waals surface area (Å²) >= 11 is 0. The van der Waals surface area contributed by atoms with Crippen molar-refractivity contribution in [3.8, 4) is 0 Å². The van der Waals surface area contributed by atoms with E-state index in [9.17, 15) is 0 Å². The van der Waals surface area contributed by atoms with E-state index in [1.807, 2.05) is 0 Å². The Kier molecular flexibility index (Phi) is 16.2. The number of rotatable bonds is 16. The minimum absolute atomic E-state index is 0.779. The Morgan fingerprint density at radius 3 is 1.57 bits per heavy atom. The second-order valence-electron chi connectivity index (χ2n) is 6.48. The molecule has 0 aromatic rings. The minimum atomic E-state index is 0.779. The van der Waals surface area contributed by atoms with Crippen LogP contribution in [0.1, 0.15) is 97.8 Å². The Balaban J connectivity index is 4.01. The molecule has 21 heavy (non-hydrogen) atoms. The highest BCUT2D eigenvalue weighted by Crippen LogP contribution is 2.18. The molecule has 2 N–H and O–H groups in total. The fourth-order valence-electron chi connectivity index (χ4n) is 3.24. The quantitative estimate of drug-likeness (QED) is 0.389. The molecule has 0 aromatic carbocycles. The van der Waals surface area contributed by atoms with Crippen LogP contribution in [-0.2, 0) is 0 Å². The molecule has 0 bridgehead atoms. The van der Waals surface area contributed by atoms with Gasteiger partial charge in [-0.25, -0.2) is 0 Å². The predicted octanol–water partition coefficient (Wildman–Crippen LogP) is 5.36. The minimum Gasteiger partial charge on any atom is -0.329 e. The van der Waals surface area contributed by atoms with E-state index in [4.69, 9.17) is 5.73 Å². The lowest BCUT2D eigenvalue weighted by Crippen LogP contribution is -2.38. The van der Waals surface area contributed by atoms with Gasteiger partial charge in [0.1, 0.15) is 0 Å². The second-order valence-corrected chi connectivity index (χ2v) is 6.48. The van der Waals surface area contributed by atoms with Crippen LogP contribution in [0, 0.1) is 0 Å². The van der Waals surface area contributed by atoms with E-state index < -0.39 is 0 Å². The zero-order chi connectivity index (χ0) is 15.8. The average Bonchev–Trinajstić information content (AvgIpc) is 2.50. The van der Waals surface area contributed by atoms with Crippen molar-refractivity contribution in [3.63, 3.8) is 0 Å². The normalized spacial score (nSPS) is 11.7. The zero-order valence-electron chi connectivity index (χ0n) is 15.2. The van der Waals surface area contributed by atoms with E-state index >= 15 is 0 Å². The standard InChI is InChI=1S/C19H42N2/c1-4-7-9-11-13-15-19(21(6-3)18-17-20)16-14-12-10-8-5-2/h19H,4-18,20H2,1-3H3. The highest BCUT2D eigenvalue weighted by molar-refractivity contribution is 4.72. The van der Waals surface area contributed by atoms with Crippen molar-refractivity contribution in [2.75, 3.05) is 19.6 Å². The van der Waals surface area contributed by atoms with Crippen molar-refractivity contribution < 1.29 is 0 Å². The Hall–Kier alpha value is -0.0800. The van der Waals surface area contributed by atoms with Crippen molar-refractivity contribution in [1.29, 1.82) is 0 Å². The maximum absolute atomic E-state index is 5.79. The molecule has 128 valence electrons. The van der Waals surface area contributed by atoms with Gasteiger partial charge in [0.15, 0.2) is 0 Å². The molecule has 0 fully saturated rings. The molecule has 2 heteroatoms. The molecule has 0 spiro atoms. The van der Waals surface area contributed by atoms with Crippen molar-refractivity contribution >= 4 is 0 Å². The van der Waals surface area contributed by atoms with Crippen molar-refractivity contribution in [2.24, 2.45) is 5.73 Å². The SMILES string of the molecule is CCCCCCCC(CCCCCCC)N(CC)CCN. The van der Waals surface area contributed by atoms with Gasteiger partial charge in [-0.05, 0) is 19.4 Å². The van der Waals surface area contributed by atoms with Gasteiger partial charge in [0.25, 0.3) is 0 Å². The molecule has 0 heterocycles. The average molecular weight is 299 g/mol. The van der Waals surface area contributed by atoms with E-state index in [-0.39, 0.29) is 0 Å². The third-order valence-corrected chi connectivity index (χ3v) is 4.62. The van der Waals surface area contributed by atoms with Crippen LogP contribution in [0.4, 0.5) is 0 Å². The lowest BCUT2D eigenvalue weighted by atomic mass is 9.99. The van der Waals surface area contributed by atoms with Crippen LogP contribution in [0.3, 0.4) is 0 Å². The summed E-state index contributed by atoms with van der Waals surface area (Å²) in [6.45, 7) is 9.90. The van der Waals surface area contributed by atoms with Gasteiger partial charge >= 0.3 is 0 Å². The number of likely N-dealkylation sites (N-methyl/N-ethyl adjacent to an activating group) is 1. The fraction of sp³-hybridized carbons (Fsp3) is 1.00. The molecule has 0 rings (SSSR count). The smallest absolute Gasteiger partial charge is 0.0107 e. The number of nitrogens with two attached hydrogens (primary N) is 1. The van der Waals surface area contributed by atoms with Gasteiger partial charge in [0.2, 0.25) is 0 Å². The number of nitrogens with zero attached hydrogens (tertiary/aromatic N) is 1. The van der Waals surface area contributed by atoms with Gasteiger partial charge < -0.3 is 5.73 Å². The summed E-state index contributed by atoms with van der Waals surface area (Å²) in [5.41, 5.74) is 5.79. The number of hydrogen-bond donors (Lipinski definition) is 1. The maximum atomic E-state index is 5.79. The number of hydrogen-bond acceptors (Lipinski definition) is 2. The summed E-state index contributed by atoms with van der Waals surface area (Å²) in [5, 5.41) is 0. The molecular weight excluding hydrogens is 256 g/mol. The van der Waals surface area contributed by atoms with E-state index in [2.05, 4.69) is 25.7 Å². The van der Waals surface area contributed by atoms with Gasteiger partial charge in [-0.3, -0.25) is 4.90 Å². The van der Waals surface area contributed by atoms with Crippen molar-refractivity contribution in [3.05, 3.63) is 0 Å². The van der Waals surface area contributed by atoms with E-state index in [1.54, 1.807) is 0 Å². The van der Waals surface area contributed by atoms with E-state index in [1.165, 1.54) is 77.0 Å². The van der Waals surface area contributed by atoms with Gasteiger partial charge in [0.05, 0.1) is 0 Å². The second kappa shape index (κ2) is 16.3. The lowest BCUT2D eigenvalue weighted by molar-refractivity contribution is 0.183. The summed E-state index contributed by atoms with van der Waals surface area (Å²) in [5.74, 6) is 0. The van der Waals surface area contributed by atoms with Gasteiger partial charge in [0, 0.05) is 19.1 Å². The van der Waals surface area contributed by atoms with E-state index in [0.717, 1.165) is 25.7 Å². The molecule has 0 unspecified atom stereocenters. The van der Waals surface area contributed by atoms with Crippen molar-refractivity contribution in [1.82, 2.24) is 4.90 Å². The van der Waals surface area contributed by atoms with Crippen LogP contribution < -0.4 is 5.73 Å². The van der Waals surface area contributed by atoms with Crippen LogP contribution in [0.25, 0.3) is 0 Å². The summed E-state index contributed by atoms with van der Waals surface area (Å²) in [6, 6.07) is 0.779. The van der Waals surface area contributed by atoms with Crippen LogP contribution in [-0.4, -0.2) is 30.6 Å². The molecule has 2 nitrogen and oxygen atoms in total. The Bertz CT molecular complexity index is 180. The zero-order valence-corrected chi connectivity index (χ0v) is 15.2. The van der Waals surface area contributed by atoms with Crippen LogP contribution in [0.5, 0.6) is 0 Å². The third kappa shape index (κ3) is 12.2. The molecule has 0 aromatic heterocycles. The maximum Gasteiger partial charge on any atom is 0.0107 e. The van der Waals surface area contributed by atoms with Crippen LogP contribution in [0.2, 0.25) is 0 Å². The Morgan fingerprint density at radius 2 is 1.19 bits per heavy atom. The first kappa shape index (κ1) is 20.9. The molecule has 0 saturated carbocycles. The number of unbranched alkanes of at least 4 members (excludes halogenated alkanes) is 8. The topological polar surface area (TPSA) is 29.3 Å². The Morgan fingerprint density at radius 1 is 0.714 bits per heavy atom. The predicted molar refractivity (Wildman–Crippen MR) is 96.8 cm³/mol. The highest BCUT2D eigenvalue weighted by atomic mass is 15.2. The summed E-state index contributed by atoms with van der Waals surface area (Å²) in [7, 11) is 0. The molecule has 0 saturated heterocycles. The fourth-order valence-corrected chi connectivity index (χ4v) is 3.24. The molecule has 0 amide bonds. The summed E-state index contributed by atoms with van der Waals surface area (Å²) in [6.07, 6.45) is 16.7. The third-order valence-electron chi connectivity index (χ3n) is 4.62.